The Morgan fingerprint density at radius 1 is 1.04 bits per heavy atom. The summed E-state index contributed by atoms with van der Waals surface area (Å²) in [5.41, 5.74) is 4.40. The molecule has 1 aromatic heterocycles. The Morgan fingerprint density at radius 2 is 1.68 bits per heavy atom. The zero-order chi connectivity index (χ0) is 18.1. The number of hydrogen-bond donors (Lipinski definition) is 0. The molecule has 0 aliphatic heterocycles. The Balaban J connectivity index is 2.03. The maximum absolute atomic E-state index is 13.2. The van der Waals surface area contributed by atoms with Crippen LogP contribution in [0.2, 0.25) is 0 Å². The summed E-state index contributed by atoms with van der Waals surface area (Å²) in [6.45, 7) is 3.99. The lowest BCUT2D eigenvalue weighted by Gasteiger charge is -2.11. The summed E-state index contributed by atoms with van der Waals surface area (Å²) in [5, 5.41) is 3.64. The first-order chi connectivity index (χ1) is 11.9. The molecule has 0 radical (unpaired) electrons. The third kappa shape index (κ3) is 3.38. The van der Waals surface area contributed by atoms with Crippen LogP contribution in [0.3, 0.4) is 0 Å². The second kappa shape index (κ2) is 6.63. The van der Waals surface area contributed by atoms with E-state index in [1.165, 1.54) is 12.6 Å². The second-order valence-electron chi connectivity index (χ2n) is 6.16. The molecule has 130 valence electrons. The molecule has 0 fully saturated rings. The fourth-order valence-corrected chi connectivity index (χ4v) is 2.77. The highest BCUT2D eigenvalue weighted by atomic mass is 19.3. The van der Waals surface area contributed by atoms with E-state index in [9.17, 15) is 13.6 Å². The first kappa shape index (κ1) is 17.1. The molecule has 25 heavy (non-hydrogen) atoms. The summed E-state index contributed by atoms with van der Waals surface area (Å²) in [6, 6.07) is 14.0. The molecule has 0 spiro atoms. The van der Waals surface area contributed by atoms with Gasteiger partial charge in [0.05, 0.1) is 6.54 Å². The number of alkyl halides is 2. The van der Waals surface area contributed by atoms with Crippen molar-refractivity contribution < 1.29 is 8.78 Å². The van der Waals surface area contributed by atoms with E-state index in [0.717, 1.165) is 31.5 Å². The molecule has 0 saturated carbocycles. The van der Waals surface area contributed by atoms with Crippen LogP contribution >= 0.6 is 0 Å². The van der Waals surface area contributed by atoms with Gasteiger partial charge in [0, 0.05) is 7.05 Å². The summed E-state index contributed by atoms with van der Waals surface area (Å²) < 4.78 is 28.3. The summed E-state index contributed by atoms with van der Waals surface area (Å²) in [4.78, 5) is 12.1. The van der Waals surface area contributed by atoms with E-state index in [1.54, 1.807) is 0 Å². The average Bonchev–Trinajstić information content (AvgIpc) is 2.86. The molecule has 0 N–H and O–H groups in total. The van der Waals surface area contributed by atoms with Gasteiger partial charge in [-0.05, 0) is 42.2 Å². The van der Waals surface area contributed by atoms with Crippen LogP contribution in [-0.2, 0) is 13.6 Å². The number of benzene rings is 2. The van der Waals surface area contributed by atoms with E-state index in [1.807, 2.05) is 56.3 Å². The van der Waals surface area contributed by atoms with Crippen molar-refractivity contribution in [3.8, 4) is 11.1 Å². The van der Waals surface area contributed by atoms with Crippen molar-refractivity contribution in [3.63, 3.8) is 0 Å². The van der Waals surface area contributed by atoms with E-state index in [0.29, 0.717) is 0 Å². The van der Waals surface area contributed by atoms with E-state index >= 15 is 0 Å². The quantitative estimate of drug-likeness (QED) is 0.722. The van der Waals surface area contributed by atoms with Gasteiger partial charge in [-0.25, -0.2) is 18.3 Å². The SMILES string of the molecule is Cc1ccc(-c2ccc(C)c(Cn3c(C(F)F)nn(C)c3=O)c2)cc1. The normalized spacial score (nSPS) is 11.3. The number of halogens is 2. The van der Waals surface area contributed by atoms with Gasteiger partial charge in [-0.1, -0.05) is 42.0 Å². The van der Waals surface area contributed by atoms with Gasteiger partial charge in [-0.3, -0.25) is 4.57 Å². The second-order valence-corrected chi connectivity index (χ2v) is 6.16. The summed E-state index contributed by atoms with van der Waals surface area (Å²) in [5.74, 6) is -0.507. The van der Waals surface area contributed by atoms with E-state index in [-0.39, 0.29) is 6.54 Å². The summed E-state index contributed by atoms with van der Waals surface area (Å²) in [7, 11) is 1.38. The summed E-state index contributed by atoms with van der Waals surface area (Å²) in [6.07, 6.45) is -2.80. The molecule has 0 amide bonds. The number of aromatic nitrogens is 3. The van der Waals surface area contributed by atoms with Gasteiger partial charge < -0.3 is 0 Å². The standard InChI is InChI=1S/C19H19F2N3O/c1-12-4-7-14(8-5-12)15-9-6-13(2)16(10-15)11-24-18(17(20)21)22-23(3)19(24)25/h4-10,17H,11H2,1-3H3. The van der Waals surface area contributed by atoms with Gasteiger partial charge in [-0.15, -0.1) is 5.10 Å². The molecule has 0 bridgehead atoms. The van der Waals surface area contributed by atoms with Crippen molar-refractivity contribution in [3.05, 3.63) is 75.5 Å². The van der Waals surface area contributed by atoms with Crippen LogP contribution in [0.4, 0.5) is 8.78 Å². The van der Waals surface area contributed by atoms with E-state index in [2.05, 4.69) is 5.10 Å². The molecule has 2 aromatic carbocycles. The van der Waals surface area contributed by atoms with E-state index < -0.39 is 17.9 Å². The third-order valence-electron chi connectivity index (χ3n) is 4.29. The van der Waals surface area contributed by atoms with Gasteiger partial charge in [0.1, 0.15) is 0 Å². The maximum atomic E-state index is 13.2. The minimum Gasteiger partial charge on any atom is -0.270 e. The van der Waals surface area contributed by atoms with Gasteiger partial charge in [0.15, 0.2) is 0 Å². The van der Waals surface area contributed by atoms with Crippen molar-refractivity contribution in [2.75, 3.05) is 0 Å². The minimum absolute atomic E-state index is 0.0673. The Hall–Kier alpha value is -2.76. The fraction of sp³-hybridized carbons (Fsp3) is 0.263. The molecule has 0 unspecified atom stereocenters. The molecular formula is C19H19F2N3O. The Labute approximate surface area is 144 Å². The van der Waals surface area contributed by atoms with Crippen LogP contribution in [0.1, 0.15) is 28.9 Å². The maximum Gasteiger partial charge on any atom is 0.346 e. The van der Waals surface area contributed by atoms with E-state index in [4.69, 9.17) is 0 Å². The lowest BCUT2D eigenvalue weighted by molar-refractivity contribution is 0.134. The topological polar surface area (TPSA) is 39.8 Å². The molecular weight excluding hydrogens is 324 g/mol. The van der Waals surface area contributed by atoms with Crippen molar-refractivity contribution in [1.82, 2.24) is 14.3 Å². The number of nitrogens with zero attached hydrogens (tertiary/aromatic N) is 3. The van der Waals surface area contributed by atoms with Crippen LogP contribution in [0.15, 0.2) is 47.3 Å². The monoisotopic (exact) mass is 343 g/mol. The molecule has 4 nitrogen and oxygen atoms in total. The third-order valence-corrected chi connectivity index (χ3v) is 4.29. The average molecular weight is 343 g/mol. The van der Waals surface area contributed by atoms with Gasteiger partial charge in [-0.2, -0.15) is 0 Å². The van der Waals surface area contributed by atoms with Crippen molar-refractivity contribution in [1.29, 1.82) is 0 Å². The van der Waals surface area contributed by atoms with Crippen LogP contribution in [0.25, 0.3) is 11.1 Å². The zero-order valence-electron chi connectivity index (χ0n) is 14.3. The van der Waals surface area contributed by atoms with Crippen LogP contribution in [-0.4, -0.2) is 14.3 Å². The molecule has 1 heterocycles. The highest BCUT2D eigenvalue weighted by Crippen LogP contribution is 2.24. The molecule has 3 rings (SSSR count). The molecule has 0 saturated heterocycles. The Kier molecular flexibility index (Phi) is 4.53. The van der Waals surface area contributed by atoms with Crippen molar-refractivity contribution in [2.45, 2.75) is 26.8 Å². The van der Waals surface area contributed by atoms with Crippen molar-refractivity contribution in [2.24, 2.45) is 7.05 Å². The Bertz CT molecular complexity index is 956. The number of hydrogen-bond acceptors (Lipinski definition) is 2. The molecule has 0 aliphatic rings. The van der Waals surface area contributed by atoms with Crippen LogP contribution in [0, 0.1) is 13.8 Å². The highest BCUT2D eigenvalue weighted by molar-refractivity contribution is 5.65. The zero-order valence-corrected chi connectivity index (χ0v) is 14.3. The minimum atomic E-state index is -2.80. The predicted octanol–water partition coefficient (Wildman–Crippen LogP) is 3.85. The Morgan fingerprint density at radius 3 is 2.32 bits per heavy atom. The molecule has 3 aromatic rings. The predicted molar refractivity (Wildman–Crippen MR) is 92.9 cm³/mol. The number of rotatable bonds is 4. The highest BCUT2D eigenvalue weighted by Gasteiger charge is 2.20. The van der Waals surface area contributed by atoms with Crippen LogP contribution in [0.5, 0.6) is 0 Å². The number of aryl methyl sites for hydroxylation is 3. The first-order valence-electron chi connectivity index (χ1n) is 7.95. The smallest absolute Gasteiger partial charge is 0.270 e. The van der Waals surface area contributed by atoms with Crippen molar-refractivity contribution >= 4 is 0 Å². The summed E-state index contributed by atoms with van der Waals surface area (Å²) >= 11 is 0. The van der Waals surface area contributed by atoms with Crippen LogP contribution < -0.4 is 5.69 Å². The lowest BCUT2D eigenvalue weighted by atomic mass is 9.99. The first-order valence-corrected chi connectivity index (χ1v) is 7.95. The molecule has 6 heteroatoms. The largest absolute Gasteiger partial charge is 0.346 e. The molecule has 0 atom stereocenters. The van der Waals surface area contributed by atoms with Gasteiger partial charge in [0.2, 0.25) is 5.82 Å². The fourth-order valence-electron chi connectivity index (χ4n) is 2.77. The lowest BCUT2D eigenvalue weighted by Crippen LogP contribution is -2.24. The molecule has 0 aliphatic carbocycles. The van der Waals surface area contributed by atoms with Gasteiger partial charge >= 0.3 is 5.69 Å². The van der Waals surface area contributed by atoms with Gasteiger partial charge in [0.25, 0.3) is 6.43 Å².